The molecule has 1 heterocycles. The zero-order valence-electron chi connectivity index (χ0n) is 17.4. The molecule has 0 atom stereocenters. The van der Waals surface area contributed by atoms with E-state index in [2.05, 4.69) is 5.32 Å². The lowest BCUT2D eigenvalue weighted by atomic mass is 10.1. The van der Waals surface area contributed by atoms with Crippen LogP contribution in [0.15, 0.2) is 66.9 Å². The van der Waals surface area contributed by atoms with Crippen LogP contribution in [0.2, 0.25) is 0 Å². The van der Waals surface area contributed by atoms with Crippen molar-refractivity contribution < 1.29 is 19.1 Å². The van der Waals surface area contributed by atoms with E-state index in [1.54, 1.807) is 6.20 Å². The summed E-state index contributed by atoms with van der Waals surface area (Å²) in [6.07, 6.45) is 4.58. The quantitative estimate of drug-likeness (QED) is 0.619. The third-order valence-corrected chi connectivity index (χ3v) is 4.19. The molecule has 0 aliphatic rings. The number of hydrogen-bond acceptors (Lipinski definition) is 4. The molecule has 1 amide bonds. The SMILES string of the molecule is CC(C)(C)OC(=O)n1ccc2cc(C=CCNC(=O)OCc3ccccc3)ccc21. The average molecular weight is 406 g/mol. The first-order chi connectivity index (χ1) is 14.3. The van der Waals surface area contributed by atoms with E-state index in [0.717, 1.165) is 22.0 Å². The number of alkyl carbamates (subject to hydrolysis) is 1. The van der Waals surface area contributed by atoms with Gasteiger partial charge in [-0.2, -0.15) is 0 Å². The summed E-state index contributed by atoms with van der Waals surface area (Å²) in [6, 6.07) is 17.1. The minimum Gasteiger partial charge on any atom is -0.445 e. The summed E-state index contributed by atoms with van der Waals surface area (Å²) in [5.41, 5.74) is 2.13. The van der Waals surface area contributed by atoms with E-state index in [1.165, 1.54) is 4.57 Å². The molecule has 30 heavy (non-hydrogen) atoms. The number of carbonyl (C=O) groups excluding carboxylic acids is 2. The Morgan fingerprint density at radius 1 is 1.07 bits per heavy atom. The molecule has 0 unspecified atom stereocenters. The van der Waals surface area contributed by atoms with Gasteiger partial charge in [0.05, 0.1) is 5.52 Å². The van der Waals surface area contributed by atoms with Gasteiger partial charge in [0.25, 0.3) is 0 Å². The minimum absolute atomic E-state index is 0.238. The predicted octanol–water partition coefficient (Wildman–Crippen LogP) is 5.36. The van der Waals surface area contributed by atoms with Crippen LogP contribution in [0.4, 0.5) is 9.59 Å². The molecule has 0 fully saturated rings. The van der Waals surface area contributed by atoms with Crippen LogP contribution in [0, 0.1) is 0 Å². The number of ether oxygens (including phenoxy) is 2. The van der Waals surface area contributed by atoms with Crippen LogP contribution in [0.5, 0.6) is 0 Å². The van der Waals surface area contributed by atoms with Crippen molar-refractivity contribution in [2.75, 3.05) is 6.54 Å². The fourth-order valence-corrected chi connectivity index (χ4v) is 2.85. The van der Waals surface area contributed by atoms with Gasteiger partial charge in [0.2, 0.25) is 0 Å². The van der Waals surface area contributed by atoms with Crippen molar-refractivity contribution in [1.82, 2.24) is 9.88 Å². The summed E-state index contributed by atoms with van der Waals surface area (Å²) >= 11 is 0. The van der Waals surface area contributed by atoms with Gasteiger partial charge in [0.15, 0.2) is 0 Å². The fraction of sp³-hybridized carbons (Fsp3) is 0.250. The summed E-state index contributed by atoms with van der Waals surface area (Å²) in [7, 11) is 0. The van der Waals surface area contributed by atoms with Crippen molar-refractivity contribution in [2.24, 2.45) is 0 Å². The Hall–Kier alpha value is -3.54. The normalized spacial score (nSPS) is 11.6. The Labute approximate surface area is 176 Å². The predicted molar refractivity (Wildman–Crippen MR) is 117 cm³/mol. The van der Waals surface area contributed by atoms with E-state index < -0.39 is 17.8 Å². The number of hydrogen-bond donors (Lipinski definition) is 1. The summed E-state index contributed by atoms with van der Waals surface area (Å²) < 4.78 is 12.1. The van der Waals surface area contributed by atoms with Gasteiger partial charge in [-0.3, -0.25) is 4.57 Å². The number of amides is 1. The smallest absolute Gasteiger partial charge is 0.418 e. The van der Waals surface area contributed by atoms with Crippen LogP contribution in [-0.4, -0.2) is 28.9 Å². The van der Waals surface area contributed by atoms with Crippen molar-refractivity contribution in [1.29, 1.82) is 0 Å². The van der Waals surface area contributed by atoms with Crippen LogP contribution in [0.1, 0.15) is 31.9 Å². The number of nitrogens with one attached hydrogen (secondary N) is 1. The summed E-state index contributed by atoms with van der Waals surface area (Å²) in [6.45, 7) is 6.10. The topological polar surface area (TPSA) is 69.6 Å². The standard InChI is InChI=1S/C24H26N2O4/c1-24(2,3)30-23(28)26-15-13-20-16-18(11-12-21(20)26)10-7-14-25-22(27)29-17-19-8-5-4-6-9-19/h4-13,15-16H,14,17H2,1-3H3,(H,25,27). The van der Waals surface area contributed by atoms with Gasteiger partial charge in [-0.15, -0.1) is 0 Å². The Balaban J connectivity index is 1.53. The van der Waals surface area contributed by atoms with Crippen LogP contribution < -0.4 is 5.32 Å². The van der Waals surface area contributed by atoms with Crippen LogP contribution in [-0.2, 0) is 16.1 Å². The molecule has 2 aromatic carbocycles. The molecule has 0 saturated carbocycles. The Morgan fingerprint density at radius 3 is 2.57 bits per heavy atom. The molecule has 3 aromatic rings. The summed E-state index contributed by atoms with van der Waals surface area (Å²) in [4.78, 5) is 24.1. The molecule has 6 nitrogen and oxygen atoms in total. The molecular formula is C24H26N2O4. The zero-order valence-corrected chi connectivity index (χ0v) is 17.4. The number of benzene rings is 2. The summed E-state index contributed by atoms with van der Waals surface area (Å²) in [5, 5.41) is 3.62. The number of fused-ring (bicyclic) bond motifs is 1. The van der Waals surface area contributed by atoms with Crippen LogP contribution >= 0.6 is 0 Å². The molecule has 0 aliphatic carbocycles. The lowest BCUT2D eigenvalue weighted by Gasteiger charge is -2.19. The van der Waals surface area contributed by atoms with Gasteiger partial charge in [-0.25, -0.2) is 9.59 Å². The molecular weight excluding hydrogens is 380 g/mol. The molecule has 0 spiro atoms. The molecule has 0 bridgehead atoms. The first-order valence-electron chi connectivity index (χ1n) is 9.77. The van der Waals surface area contributed by atoms with Gasteiger partial charge in [0.1, 0.15) is 12.2 Å². The highest BCUT2D eigenvalue weighted by atomic mass is 16.6. The lowest BCUT2D eigenvalue weighted by molar-refractivity contribution is 0.0544. The third kappa shape index (κ3) is 5.98. The molecule has 156 valence electrons. The highest BCUT2D eigenvalue weighted by molar-refractivity contribution is 5.90. The van der Waals surface area contributed by atoms with E-state index in [-0.39, 0.29) is 6.61 Å². The third-order valence-electron chi connectivity index (χ3n) is 4.19. The van der Waals surface area contributed by atoms with E-state index in [4.69, 9.17) is 9.47 Å². The molecule has 1 N–H and O–H groups in total. The Kier molecular flexibility index (Phi) is 6.57. The monoisotopic (exact) mass is 406 g/mol. The van der Waals surface area contributed by atoms with Gasteiger partial charge >= 0.3 is 12.2 Å². The highest BCUT2D eigenvalue weighted by Crippen LogP contribution is 2.20. The molecule has 6 heteroatoms. The van der Waals surface area contributed by atoms with Crippen molar-refractivity contribution in [3.8, 4) is 0 Å². The fourth-order valence-electron chi connectivity index (χ4n) is 2.85. The van der Waals surface area contributed by atoms with Crippen molar-refractivity contribution in [3.05, 3.63) is 78.0 Å². The second-order valence-corrected chi connectivity index (χ2v) is 7.83. The van der Waals surface area contributed by atoms with Gasteiger partial charge in [-0.1, -0.05) is 48.6 Å². The maximum Gasteiger partial charge on any atom is 0.418 e. The second kappa shape index (κ2) is 9.31. The summed E-state index contributed by atoms with van der Waals surface area (Å²) in [5.74, 6) is 0. The van der Waals surface area contributed by atoms with Gasteiger partial charge < -0.3 is 14.8 Å². The van der Waals surface area contributed by atoms with Crippen molar-refractivity contribution in [3.63, 3.8) is 0 Å². The number of carbonyl (C=O) groups is 2. The van der Waals surface area contributed by atoms with Crippen molar-refractivity contribution in [2.45, 2.75) is 33.0 Å². The van der Waals surface area contributed by atoms with Gasteiger partial charge in [-0.05, 0) is 50.1 Å². The maximum absolute atomic E-state index is 12.3. The van der Waals surface area contributed by atoms with Crippen LogP contribution in [0.25, 0.3) is 17.0 Å². The lowest BCUT2D eigenvalue weighted by Crippen LogP contribution is -2.26. The average Bonchev–Trinajstić information content (AvgIpc) is 3.13. The number of rotatable bonds is 5. The number of aromatic nitrogens is 1. The zero-order chi connectivity index (χ0) is 21.6. The number of nitrogens with zero attached hydrogens (tertiary/aromatic N) is 1. The maximum atomic E-state index is 12.3. The van der Waals surface area contributed by atoms with Gasteiger partial charge in [0, 0.05) is 18.1 Å². The van der Waals surface area contributed by atoms with E-state index in [1.807, 2.05) is 87.5 Å². The Bertz CT molecular complexity index is 1050. The highest BCUT2D eigenvalue weighted by Gasteiger charge is 2.18. The van der Waals surface area contributed by atoms with Crippen LogP contribution in [0.3, 0.4) is 0 Å². The van der Waals surface area contributed by atoms with E-state index in [0.29, 0.717) is 6.54 Å². The molecule has 3 rings (SSSR count). The first-order valence-corrected chi connectivity index (χ1v) is 9.77. The molecule has 0 radical (unpaired) electrons. The van der Waals surface area contributed by atoms with E-state index >= 15 is 0 Å². The first kappa shape index (κ1) is 21.2. The second-order valence-electron chi connectivity index (χ2n) is 7.83. The minimum atomic E-state index is -0.550. The molecule has 0 aliphatic heterocycles. The Morgan fingerprint density at radius 2 is 1.83 bits per heavy atom. The molecule has 0 saturated heterocycles. The van der Waals surface area contributed by atoms with Crippen molar-refractivity contribution >= 4 is 29.2 Å². The molecule has 1 aromatic heterocycles. The van der Waals surface area contributed by atoms with E-state index in [9.17, 15) is 9.59 Å². The largest absolute Gasteiger partial charge is 0.445 e.